The Kier molecular flexibility index (Phi) is 8.53. The van der Waals surface area contributed by atoms with Crippen molar-refractivity contribution in [3.63, 3.8) is 0 Å². The second kappa shape index (κ2) is 12.7. The van der Waals surface area contributed by atoms with Gasteiger partial charge in [-0.15, -0.1) is 10.2 Å². The number of anilines is 3. The molecule has 46 heavy (non-hydrogen) atoms. The molecule has 1 aliphatic carbocycles. The van der Waals surface area contributed by atoms with Gasteiger partial charge in [-0.1, -0.05) is 24.1 Å². The predicted molar refractivity (Wildman–Crippen MR) is 173 cm³/mol. The van der Waals surface area contributed by atoms with Crippen LogP contribution in [-0.2, 0) is 11.3 Å². The zero-order valence-electron chi connectivity index (χ0n) is 26.2. The fraction of sp³-hybridized carbons (Fsp3) is 0.353. The average Bonchev–Trinajstić information content (AvgIpc) is 3.75. The van der Waals surface area contributed by atoms with E-state index in [0.717, 1.165) is 42.8 Å². The minimum absolute atomic E-state index is 0.00613. The fourth-order valence-electron chi connectivity index (χ4n) is 5.21. The zero-order chi connectivity index (χ0) is 32.4. The highest BCUT2D eigenvalue weighted by molar-refractivity contribution is 6.00. The van der Waals surface area contributed by atoms with Crippen molar-refractivity contribution in [3.05, 3.63) is 71.9 Å². The molecule has 12 nitrogen and oxygen atoms in total. The third kappa shape index (κ3) is 7.22. The van der Waals surface area contributed by atoms with Crippen LogP contribution in [0.25, 0.3) is 11.1 Å². The quantitative estimate of drug-likeness (QED) is 0.174. The first-order chi connectivity index (χ1) is 22.1. The standard InChI is InChI=1S/C34H36N8O4/c1-21(43)31-29(15-30(39-40-31)38-33(44)22-11-12-22)37-28-10-6-9-27(32(28)46-4)23-16-35-42(17-23)26-19-41(20-26)18-25-8-5-7-24(36-25)13-14-34(2,3)45/h5-10,15-17,22,26,45H,11-12,18-20H2,1-4H3,(H2,37,38,39,44). The number of aromatic nitrogens is 5. The summed E-state index contributed by atoms with van der Waals surface area (Å²) in [4.78, 5) is 31.6. The van der Waals surface area contributed by atoms with Crippen molar-refractivity contribution < 1.29 is 19.4 Å². The molecule has 3 N–H and O–H groups in total. The summed E-state index contributed by atoms with van der Waals surface area (Å²) < 4.78 is 7.82. The molecule has 1 amide bonds. The number of likely N-dealkylation sites (tertiary alicyclic amines) is 1. The largest absolute Gasteiger partial charge is 0.494 e. The lowest BCUT2D eigenvalue weighted by atomic mass is 10.1. The summed E-state index contributed by atoms with van der Waals surface area (Å²) in [6.45, 7) is 7.06. The van der Waals surface area contributed by atoms with Crippen LogP contribution in [0.3, 0.4) is 0 Å². The molecule has 0 bridgehead atoms. The van der Waals surface area contributed by atoms with Crippen molar-refractivity contribution in [2.45, 2.75) is 51.8 Å². The summed E-state index contributed by atoms with van der Waals surface area (Å²) in [5.41, 5.74) is 3.40. The molecule has 0 atom stereocenters. The van der Waals surface area contributed by atoms with E-state index in [9.17, 15) is 14.7 Å². The monoisotopic (exact) mass is 620 g/mol. The molecule has 1 saturated heterocycles. The SMILES string of the molecule is COc1c(Nc2cc(NC(=O)C3CC3)nnc2C(C)=O)cccc1-c1cnn(C2CN(Cc3cccc(C#CC(C)(C)O)n3)C2)c1. The molecule has 1 aliphatic heterocycles. The summed E-state index contributed by atoms with van der Waals surface area (Å²) >= 11 is 0. The number of para-hydroxylation sites is 1. The van der Waals surface area contributed by atoms with Crippen LogP contribution in [0.5, 0.6) is 5.75 Å². The number of hydrogen-bond donors (Lipinski definition) is 3. The van der Waals surface area contributed by atoms with Gasteiger partial charge in [0.15, 0.2) is 17.3 Å². The molecule has 12 heteroatoms. The molecule has 4 aromatic rings. The molecular formula is C34H36N8O4. The van der Waals surface area contributed by atoms with Crippen LogP contribution in [0.15, 0.2) is 54.9 Å². The highest BCUT2D eigenvalue weighted by Crippen LogP contribution is 2.39. The number of nitrogens with zero attached hydrogens (tertiary/aromatic N) is 6. The third-order valence-electron chi connectivity index (χ3n) is 7.73. The van der Waals surface area contributed by atoms with Crippen LogP contribution in [0.1, 0.15) is 61.5 Å². The van der Waals surface area contributed by atoms with E-state index in [1.165, 1.54) is 6.92 Å². The van der Waals surface area contributed by atoms with Crippen LogP contribution < -0.4 is 15.4 Å². The average molecular weight is 621 g/mol. The maximum atomic E-state index is 12.4. The molecule has 1 aromatic carbocycles. The molecular weight excluding hydrogens is 584 g/mol. The van der Waals surface area contributed by atoms with Crippen LogP contribution in [0.2, 0.25) is 0 Å². The Morgan fingerprint density at radius 2 is 1.89 bits per heavy atom. The number of rotatable bonds is 10. The highest BCUT2D eigenvalue weighted by atomic mass is 16.5. The number of benzene rings is 1. The minimum Gasteiger partial charge on any atom is -0.494 e. The number of pyridine rings is 1. The number of methoxy groups -OCH3 is 1. The number of ether oxygens (including phenoxy) is 1. The first-order valence-corrected chi connectivity index (χ1v) is 15.2. The summed E-state index contributed by atoms with van der Waals surface area (Å²) in [6, 6.07) is 13.3. The van der Waals surface area contributed by atoms with Gasteiger partial charge in [0.25, 0.3) is 0 Å². The lowest BCUT2D eigenvalue weighted by Crippen LogP contribution is -2.47. The van der Waals surface area contributed by atoms with Gasteiger partial charge in [-0.05, 0) is 50.8 Å². The molecule has 1 saturated carbocycles. The molecule has 3 aromatic heterocycles. The summed E-state index contributed by atoms with van der Waals surface area (Å²) in [5.74, 6) is 6.25. The molecule has 0 radical (unpaired) electrons. The second-order valence-electron chi connectivity index (χ2n) is 12.2. The van der Waals surface area contributed by atoms with Gasteiger partial charge in [0.05, 0.1) is 36.4 Å². The predicted octanol–water partition coefficient (Wildman–Crippen LogP) is 4.22. The molecule has 2 fully saturated rings. The number of hydrogen-bond acceptors (Lipinski definition) is 10. The van der Waals surface area contributed by atoms with E-state index in [2.05, 4.69) is 47.7 Å². The van der Waals surface area contributed by atoms with Crippen molar-refractivity contribution in [3.8, 4) is 28.7 Å². The van der Waals surface area contributed by atoms with Crippen molar-refractivity contribution >= 4 is 28.9 Å². The van der Waals surface area contributed by atoms with Crippen LogP contribution in [-0.4, -0.2) is 72.5 Å². The van der Waals surface area contributed by atoms with Gasteiger partial charge in [0.2, 0.25) is 5.91 Å². The first-order valence-electron chi connectivity index (χ1n) is 15.2. The van der Waals surface area contributed by atoms with Gasteiger partial charge in [-0.3, -0.25) is 19.2 Å². The molecule has 0 spiro atoms. The molecule has 2 aliphatic rings. The number of carbonyl (C=O) groups is 2. The Morgan fingerprint density at radius 1 is 1.11 bits per heavy atom. The summed E-state index contributed by atoms with van der Waals surface area (Å²) in [7, 11) is 1.59. The van der Waals surface area contributed by atoms with E-state index in [4.69, 9.17) is 4.74 Å². The molecule has 0 unspecified atom stereocenters. The number of amides is 1. The minimum atomic E-state index is -1.07. The number of nitrogens with one attached hydrogen (secondary N) is 2. The number of carbonyl (C=O) groups excluding carboxylic acids is 2. The lowest BCUT2D eigenvalue weighted by molar-refractivity contribution is -0.117. The Balaban J connectivity index is 1.15. The fourth-order valence-corrected chi connectivity index (χ4v) is 5.21. The number of aliphatic hydroxyl groups is 1. The summed E-state index contributed by atoms with van der Waals surface area (Å²) in [6.07, 6.45) is 5.55. The first kappa shape index (κ1) is 30.9. The lowest BCUT2D eigenvalue weighted by Gasteiger charge is -2.39. The topological polar surface area (TPSA) is 147 Å². The Bertz CT molecular complexity index is 1840. The Morgan fingerprint density at radius 3 is 2.61 bits per heavy atom. The van der Waals surface area contributed by atoms with E-state index in [1.54, 1.807) is 27.0 Å². The zero-order valence-corrected chi connectivity index (χ0v) is 26.2. The van der Waals surface area contributed by atoms with Gasteiger partial charge >= 0.3 is 0 Å². The third-order valence-corrected chi connectivity index (χ3v) is 7.73. The van der Waals surface area contributed by atoms with Gasteiger partial charge in [0, 0.05) is 55.9 Å². The van der Waals surface area contributed by atoms with E-state index < -0.39 is 5.60 Å². The van der Waals surface area contributed by atoms with Crippen molar-refractivity contribution in [2.75, 3.05) is 30.8 Å². The van der Waals surface area contributed by atoms with Crippen LogP contribution >= 0.6 is 0 Å². The van der Waals surface area contributed by atoms with E-state index >= 15 is 0 Å². The maximum Gasteiger partial charge on any atom is 0.228 e. The van der Waals surface area contributed by atoms with Gasteiger partial charge in [0.1, 0.15) is 17.0 Å². The number of Topliss-reactive ketones (excluding diaryl/α,β-unsaturated/α-hetero) is 1. The van der Waals surface area contributed by atoms with Crippen molar-refractivity contribution in [2.24, 2.45) is 5.92 Å². The van der Waals surface area contributed by atoms with Crippen molar-refractivity contribution in [1.29, 1.82) is 0 Å². The van der Waals surface area contributed by atoms with E-state index in [-0.39, 0.29) is 35.2 Å². The highest BCUT2D eigenvalue weighted by Gasteiger charge is 2.31. The smallest absolute Gasteiger partial charge is 0.228 e. The van der Waals surface area contributed by atoms with Crippen LogP contribution in [0.4, 0.5) is 17.2 Å². The number of ketones is 1. The van der Waals surface area contributed by atoms with Gasteiger partial charge < -0.3 is 20.5 Å². The van der Waals surface area contributed by atoms with Gasteiger partial charge in [-0.2, -0.15) is 5.10 Å². The molecule has 4 heterocycles. The van der Waals surface area contributed by atoms with Crippen LogP contribution in [0, 0.1) is 17.8 Å². The second-order valence-corrected chi connectivity index (χ2v) is 12.2. The Hall–Kier alpha value is -5.12. The molecule has 6 rings (SSSR count). The van der Waals surface area contributed by atoms with E-state index in [0.29, 0.717) is 29.4 Å². The molecule has 236 valence electrons. The normalized spacial score (nSPS) is 15.0. The van der Waals surface area contributed by atoms with Crippen molar-refractivity contribution in [1.82, 2.24) is 29.9 Å². The summed E-state index contributed by atoms with van der Waals surface area (Å²) in [5, 5.41) is 28.7. The Labute approximate surface area is 267 Å². The maximum absolute atomic E-state index is 12.4. The van der Waals surface area contributed by atoms with Gasteiger partial charge in [-0.25, -0.2) is 4.98 Å². The van der Waals surface area contributed by atoms with E-state index in [1.807, 2.05) is 53.5 Å².